The molecular weight excluding hydrogens is 190 g/mol. The van der Waals surface area contributed by atoms with Crippen LogP contribution in [-0.4, -0.2) is 18.7 Å². The summed E-state index contributed by atoms with van der Waals surface area (Å²) in [5, 5.41) is 0. The molecule has 1 heterocycles. The summed E-state index contributed by atoms with van der Waals surface area (Å²) in [4.78, 5) is 13.2. The molecule has 1 aromatic rings. The first-order chi connectivity index (χ1) is 7.20. The molecule has 0 saturated carbocycles. The number of amides is 1. The minimum Gasteiger partial charge on any atom is -0.444 e. The number of rotatable bonds is 2. The lowest BCUT2D eigenvalue weighted by molar-refractivity contribution is 0.139. The number of cyclic esters (lactones) is 1. The maximum absolute atomic E-state index is 11.5. The molecule has 0 radical (unpaired) electrons. The van der Waals surface area contributed by atoms with Crippen molar-refractivity contribution in [1.82, 2.24) is 0 Å². The average molecular weight is 205 g/mol. The number of ether oxygens (including phenoxy) is 1. The van der Waals surface area contributed by atoms with Gasteiger partial charge in [-0.15, -0.1) is 0 Å². The Morgan fingerprint density at radius 2 is 2.07 bits per heavy atom. The summed E-state index contributed by atoms with van der Waals surface area (Å²) in [5.41, 5.74) is 2.11. The Kier molecular flexibility index (Phi) is 2.62. The van der Waals surface area contributed by atoms with Crippen molar-refractivity contribution in [1.29, 1.82) is 0 Å². The van der Waals surface area contributed by atoms with Gasteiger partial charge in [0, 0.05) is 5.69 Å². The number of anilines is 1. The third kappa shape index (κ3) is 1.96. The predicted molar refractivity (Wildman–Crippen MR) is 59.1 cm³/mol. The normalized spacial score (nSPS) is 20.5. The van der Waals surface area contributed by atoms with Crippen molar-refractivity contribution in [2.24, 2.45) is 0 Å². The Morgan fingerprint density at radius 1 is 1.40 bits per heavy atom. The Hall–Kier alpha value is -1.51. The first-order valence-corrected chi connectivity index (χ1v) is 5.25. The van der Waals surface area contributed by atoms with Crippen LogP contribution in [0.4, 0.5) is 10.5 Å². The summed E-state index contributed by atoms with van der Waals surface area (Å²) in [6.45, 7) is 4.72. The monoisotopic (exact) mass is 205 g/mol. The van der Waals surface area contributed by atoms with Crippen LogP contribution >= 0.6 is 0 Å². The minimum absolute atomic E-state index is 0.0406. The van der Waals surface area contributed by atoms with Crippen LogP contribution in [-0.2, 0) is 4.74 Å². The van der Waals surface area contributed by atoms with E-state index in [1.807, 2.05) is 38.1 Å². The molecule has 15 heavy (non-hydrogen) atoms. The zero-order valence-corrected chi connectivity index (χ0v) is 9.06. The number of hydrogen-bond acceptors (Lipinski definition) is 2. The van der Waals surface area contributed by atoms with Gasteiger partial charge in [-0.2, -0.15) is 0 Å². The molecule has 1 saturated heterocycles. The second kappa shape index (κ2) is 3.93. The third-order valence-electron chi connectivity index (χ3n) is 2.68. The van der Waals surface area contributed by atoms with Crippen molar-refractivity contribution >= 4 is 11.8 Å². The summed E-state index contributed by atoms with van der Waals surface area (Å²) in [6, 6.07) is 7.91. The molecule has 1 unspecified atom stereocenters. The van der Waals surface area contributed by atoms with Crippen LogP contribution in [0, 0.1) is 6.92 Å². The zero-order chi connectivity index (χ0) is 10.8. The molecule has 1 fully saturated rings. The number of aryl methyl sites for hydroxylation is 1. The third-order valence-corrected chi connectivity index (χ3v) is 2.68. The number of carbonyl (C=O) groups is 1. The van der Waals surface area contributed by atoms with Gasteiger partial charge in [-0.3, -0.25) is 4.90 Å². The predicted octanol–water partition coefficient (Wildman–Crippen LogP) is 2.73. The molecule has 3 nitrogen and oxygen atoms in total. The van der Waals surface area contributed by atoms with E-state index < -0.39 is 0 Å². The first kappa shape index (κ1) is 10.0. The Bertz CT molecular complexity index is 358. The smallest absolute Gasteiger partial charge is 0.414 e. The van der Waals surface area contributed by atoms with Gasteiger partial charge in [0.1, 0.15) is 6.10 Å². The fraction of sp³-hybridized carbons (Fsp3) is 0.417. The largest absolute Gasteiger partial charge is 0.444 e. The Labute approximate surface area is 89.7 Å². The maximum atomic E-state index is 11.5. The van der Waals surface area contributed by atoms with E-state index in [-0.39, 0.29) is 12.2 Å². The Morgan fingerprint density at radius 3 is 2.60 bits per heavy atom. The summed E-state index contributed by atoms with van der Waals surface area (Å²) in [6.07, 6.45) is 0.679. The van der Waals surface area contributed by atoms with Crippen molar-refractivity contribution in [3.63, 3.8) is 0 Å². The van der Waals surface area contributed by atoms with Gasteiger partial charge in [0.15, 0.2) is 0 Å². The van der Waals surface area contributed by atoms with Gasteiger partial charge in [0.05, 0.1) is 6.54 Å². The lowest BCUT2D eigenvalue weighted by atomic mass is 10.2. The van der Waals surface area contributed by atoms with E-state index in [1.54, 1.807) is 4.90 Å². The SMILES string of the molecule is CCC1CN(c2ccc(C)cc2)C(=O)O1. The highest BCUT2D eigenvalue weighted by Crippen LogP contribution is 2.22. The minimum atomic E-state index is -0.231. The highest BCUT2D eigenvalue weighted by atomic mass is 16.6. The molecule has 80 valence electrons. The highest BCUT2D eigenvalue weighted by Gasteiger charge is 2.30. The number of nitrogens with zero attached hydrogens (tertiary/aromatic N) is 1. The average Bonchev–Trinajstić information content (AvgIpc) is 2.61. The summed E-state index contributed by atoms with van der Waals surface area (Å²) in [5.74, 6) is 0. The van der Waals surface area contributed by atoms with Gasteiger partial charge in [0.2, 0.25) is 0 Å². The molecule has 1 atom stereocenters. The molecular formula is C12H15NO2. The molecule has 1 aliphatic heterocycles. The lowest BCUT2D eigenvalue weighted by Gasteiger charge is -2.12. The fourth-order valence-electron chi connectivity index (χ4n) is 1.67. The maximum Gasteiger partial charge on any atom is 0.414 e. The molecule has 0 bridgehead atoms. The second-order valence-corrected chi connectivity index (χ2v) is 3.86. The second-order valence-electron chi connectivity index (χ2n) is 3.86. The van der Waals surface area contributed by atoms with Crippen molar-refractivity contribution in [3.05, 3.63) is 29.8 Å². The van der Waals surface area contributed by atoms with Gasteiger partial charge >= 0.3 is 6.09 Å². The van der Waals surface area contributed by atoms with Crippen LogP contribution < -0.4 is 4.90 Å². The lowest BCUT2D eigenvalue weighted by Crippen LogP contribution is -2.24. The topological polar surface area (TPSA) is 29.5 Å². The van der Waals surface area contributed by atoms with Gasteiger partial charge in [-0.1, -0.05) is 24.6 Å². The Balaban J connectivity index is 2.18. The van der Waals surface area contributed by atoms with Crippen LogP contribution in [0.2, 0.25) is 0 Å². The van der Waals surface area contributed by atoms with Crippen LogP contribution in [0.15, 0.2) is 24.3 Å². The molecule has 2 rings (SSSR count). The quantitative estimate of drug-likeness (QED) is 0.743. The summed E-state index contributed by atoms with van der Waals surface area (Å²) < 4.78 is 5.19. The van der Waals surface area contributed by atoms with E-state index >= 15 is 0 Å². The summed E-state index contributed by atoms with van der Waals surface area (Å²) in [7, 11) is 0. The van der Waals surface area contributed by atoms with E-state index in [4.69, 9.17) is 4.74 Å². The van der Waals surface area contributed by atoms with Gasteiger partial charge in [0.25, 0.3) is 0 Å². The summed E-state index contributed by atoms with van der Waals surface area (Å²) >= 11 is 0. The van der Waals surface area contributed by atoms with Crippen LogP contribution in [0.1, 0.15) is 18.9 Å². The van der Waals surface area contributed by atoms with Gasteiger partial charge in [-0.25, -0.2) is 4.79 Å². The molecule has 1 aliphatic rings. The zero-order valence-electron chi connectivity index (χ0n) is 9.06. The van der Waals surface area contributed by atoms with Gasteiger partial charge < -0.3 is 4.74 Å². The van der Waals surface area contributed by atoms with Crippen molar-refractivity contribution in [2.45, 2.75) is 26.4 Å². The molecule has 0 aromatic heterocycles. The number of hydrogen-bond donors (Lipinski definition) is 0. The van der Waals surface area contributed by atoms with E-state index in [2.05, 4.69) is 0 Å². The van der Waals surface area contributed by atoms with Crippen LogP contribution in [0.3, 0.4) is 0 Å². The first-order valence-electron chi connectivity index (χ1n) is 5.25. The van der Waals surface area contributed by atoms with E-state index in [0.717, 1.165) is 12.1 Å². The molecule has 3 heteroatoms. The van der Waals surface area contributed by atoms with Crippen molar-refractivity contribution in [2.75, 3.05) is 11.4 Å². The molecule has 0 N–H and O–H groups in total. The number of carbonyl (C=O) groups excluding carboxylic acids is 1. The molecule has 0 spiro atoms. The number of benzene rings is 1. The van der Waals surface area contributed by atoms with E-state index in [0.29, 0.717) is 6.54 Å². The fourth-order valence-corrected chi connectivity index (χ4v) is 1.67. The molecule has 1 aromatic carbocycles. The molecule has 0 aliphatic carbocycles. The standard InChI is InChI=1S/C12H15NO2/c1-3-11-8-13(12(14)15-11)10-6-4-9(2)5-7-10/h4-7,11H,3,8H2,1-2H3. The van der Waals surface area contributed by atoms with Crippen LogP contribution in [0.5, 0.6) is 0 Å². The van der Waals surface area contributed by atoms with Crippen LogP contribution in [0.25, 0.3) is 0 Å². The van der Waals surface area contributed by atoms with Gasteiger partial charge in [-0.05, 0) is 25.5 Å². The van der Waals surface area contributed by atoms with E-state index in [1.165, 1.54) is 5.56 Å². The van der Waals surface area contributed by atoms with Crippen molar-refractivity contribution in [3.8, 4) is 0 Å². The van der Waals surface area contributed by atoms with E-state index in [9.17, 15) is 4.79 Å². The highest BCUT2D eigenvalue weighted by molar-refractivity contribution is 5.89. The van der Waals surface area contributed by atoms with Crippen molar-refractivity contribution < 1.29 is 9.53 Å². The molecule has 1 amide bonds.